The van der Waals surface area contributed by atoms with Gasteiger partial charge in [0.1, 0.15) is 29.1 Å². The lowest BCUT2D eigenvalue weighted by atomic mass is 10.2. The minimum Gasteiger partial charge on any atom is -0.497 e. The highest BCUT2D eigenvalue weighted by molar-refractivity contribution is 5.95. The lowest BCUT2D eigenvalue weighted by Gasteiger charge is -2.13. The third-order valence-electron chi connectivity index (χ3n) is 4.36. The van der Waals surface area contributed by atoms with Crippen molar-refractivity contribution in [3.63, 3.8) is 0 Å². The van der Waals surface area contributed by atoms with Gasteiger partial charge in [-0.1, -0.05) is 6.07 Å². The Labute approximate surface area is 155 Å². The Morgan fingerprint density at radius 1 is 1.00 bits per heavy atom. The molecule has 1 N–H and O–H groups in total. The summed E-state index contributed by atoms with van der Waals surface area (Å²) >= 11 is 0. The molecule has 8 heteroatoms. The first kappa shape index (κ1) is 16.9. The van der Waals surface area contributed by atoms with Crippen molar-refractivity contribution in [2.75, 3.05) is 26.6 Å². The molecule has 4 aromatic rings. The first-order chi connectivity index (χ1) is 13.2. The van der Waals surface area contributed by atoms with E-state index < -0.39 is 0 Å². The summed E-state index contributed by atoms with van der Waals surface area (Å²) in [4.78, 5) is 9.08. The summed E-state index contributed by atoms with van der Waals surface area (Å²) in [5.41, 5.74) is 2.40. The number of anilines is 1. The zero-order valence-electron chi connectivity index (χ0n) is 15.3. The van der Waals surface area contributed by atoms with Crippen molar-refractivity contribution >= 4 is 22.5 Å². The molecule has 138 valence electrons. The molecule has 0 fully saturated rings. The molecule has 2 aromatic carbocycles. The van der Waals surface area contributed by atoms with Crippen molar-refractivity contribution in [2.45, 2.75) is 6.54 Å². The van der Waals surface area contributed by atoms with Crippen molar-refractivity contribution in [2.24, 2.45) is 0 Å². The molecular weight excluding hydrogens is 346 g/mol. The number of hydrogen-bond donors (Lipinski definition) is 1. The third kappa shape index (κ3) is 2.95. The van der Waals surface area contributed by atoms with Crippen LogP contribution in [0.5, 0.6) is 17.2 Å². The van der Waals surface area contributed by atoms with Gasteiger partial charge in [-0.05, 0) is 24.3 Å². The van der Waals surface area contributed by atoms with Crippen LogP contribution < -0.4 is 19.5 Å². The summed E-state index contributed by atoms with van der Waals surface area (Å²) in [6, 6.07) is 11.4. The highest BCUT2D eigenvalue weighted by atomic mass is 16.5. The fraction of sp³-hybridized carbons (Fsp3) is 0.211. The van der Waals surface area contributed by atoms with E-state index in [1.807, 2.05) is 36.4 Å². The number of aromatic nitrogens is 4. The first-order valence-electron chi connectivity index (χ1n) is 8.36. The van der Waals surface area contributed by atoms with Crippen molar-refractivity contribution < 1.29 is 14.2 Å². The van der Waals surface area contributed by atoms with E-state index in [9.17, 15) is 0 Å². The van der Waals surface area contributed by atoms with Gasteiger partial charge in [-0.25, -0.2) is 9.97 Å². The number of hydrogen-bond acceptors (Lipinski definition) is 7. The number of nitrogens with zero attached hydrogens (tertiary/aromatic N) is 4. The van der Waals surface area contributed by atoms with Crippen molar-refractivity contribution in [1.29, 1.82) is 0 Å². The molecule has 0 amide bonds. The van der Waals surface area contributed by atoms with Crippen LogP contribution in [0.15, 0.2) is 42.7 Å². The second kappa shape index (κ2) is 6.99. The lowest BCUT2D eigenvalue weighted by Crippen LogP contribution is -2.09. The Hall–Kier alpha value is -3.55. The average molecular weight is 365 g/mol. The molecule has 0 saturated heterocycles. The van der Waals surface area contributed by atoms with Crippen LogP contribution in [0.3, 0.4) is 0 Å². The van der Waals surface area contributed by atoms with Gasteiger partial charge in [-0.15, -0.1) is 0 Å². The van der Waals surface area contributed by atoms with Crippen molar-refractivity contribution in [1.82, 2.24) is 19.6 Å². The molecule has 0 radical (unpaired) electrons. The summed E-state index contributed by atoms with van der Waals surface area (Å²) in [5, 5.41) is 8.49. The van der Waals surface area contributed by atoms with Gasteiger partial charge in [0.25, 0.3) is 0 Å². The maximum absolute atomic E-state index is 5.46. The summed E-state index contributed by atoms with van der Waals surface area (Å²) in [6.07, 6.45) is 1.51. The van der Waals surface area contributed by atoms with Crippen LogP contribution in [0.1, 0.15) is 5.56 Å². The number of ether oxygens (including phenoxy) is 3. The Bertz CT molecular complexity index is 1110. The van der Waals surface area contributed by atoms with Gasteiger partial charge in [0.15, 0.2) is 5.65 Å². The Morgan fingerprint density at radius 3 is 2.63 bits per heavy atom. The van der Waals surface area contributed by atoms with Gasteiger partial charge in [0, 0.05) is 23.6 Å². The van der Waals surface area contributed by atoms with Crippen molar-refractivity contribution in [3.8, 4) is 17.2 Å². The van der Waals surface area contributed by atoms with Crippen LogP contribution in [0.25, 0.3) is 16.6 Å². The zero-order valence-corrected chi connectivity index (χ0v) is 15.3. The van der Waals surface area contributed by atoms with Crippen LogP contribution in [-0.4, -0.2) is 40.9 Å². The maximum atomic E-state index is 5.46. The number of fused-ring (bicyclic) bond motifs is 3. The Kier molecular flexibility index (Phi) is 4.37. The molecule has 2 aromatic heterocycles. The van der Waals surface area contributed by atoms with E-state index in [1.165, 1.54) is 6.33 Å². The van der Waals surface area contributed by atoms with Gasteiger partial charge < -0.3 is 19.5 Å². The van der Waals surface area contributed by atoms with Crippen molar-refractivity contribution in [3.05, 3.63) is 48.3 Å². The molecular formula is C19H19N5O3. The zero-order chi connectivity index (χ0) is 18.8. The highest BCUT2D eigenvalue weighted by Crippen LogP contribution is 2.29. The van der Waals surface area contributed by atoms with Gasteiger partial charge in [-0.2, -0.15) is 9.61 Å². The predicted molar refractivity (Wildman–Crippen MR) is 102 cm³/mol. The number of para-hydroxylation sites is 1. The van der Waals surface area contributed by atoms with Crippen LogP contribution in [0.2, 0.25) is 0 Å². The number of nitrogens with one attached hydrogen (secondary N) is 1. The molecule has 4 rings (SSSR count). The lowest BCUT2D eigenvalue weighted by molar-refractivity contribution is 0.391. The molecule has 0 aliphatic rings. The first-order valence-corrected chi connectivity index (χ1v) is 8.36. The average Bonchev–Trinajstić information content (AvgIpc) is 3.21. The topological polar surface area (TPSA) is 82.8 Å². The van der Waals surface area contributed by atoms with E-state index in [-0.39, 0.29) is 0 Å². The molecule has 0 saturated carbocycles. The summed E-state index contributed by atoms with van der Waals surface area (Å²) in [5.74, 6) is 2.72. The number of methoxy groups -OCH3 is 3. The summed E-state index contributed by atoms with van der Waals surface area (Å²) in [7, 11) is 4.88. The van der Waals surface area contributed by atoms with Crippen LogP contribution in [-0.2, 0) is 6.54 Å². The molecule has 0 atom stereocenters. The van der Waals surface area contributed by atoms with Gasteiger partial charge in [0.05, 0.1) is 21.3 Å². The van der Waals surface area contributed by atoms with Crippen LogP contribution in [0.4, 0.5) is 5.95 Å². The van der Waals surface area contributed by atoms with Crippen LogP contribution >= 0.6 is 0 Å². The molecule has 8 nitrogen and oxygen atoms in total. The molecule has 0 aliphatic heterocycles. The third-order valence-corrected chi connectivity index (χ3v) is 4.36. The minimum absolute atomic E-state index is 0.496. The number of rotatable bonds is 6. The van der Waals surface area contributed by atoms with E-state index in [0.717, 1.165) is 28.0 Å². The molecule has 0 bridgehead atoms. The standard InChI is InChI=1S/C19H19N5O3/c1-25-13-8-7-12(16(9-13)27-3)10-20-19-23-17-14(5-4-6-15(17)26-2)18-21-11-22-24(18)19/h4-9,11H,10H2,1-3H3,(H,20,23). The summed E-state index contributed by atoms with van der Waals surface area (Å²) in [6.45, 7) is 0.496. The highest BCUT2D eigenvalue weighted by Gasteiger charge is 2.14. The fourth-order valence-corrected chi connectivity index (χ4v) is 3.00. The molecule has 0 aliphatic carbocycles. The molecule has 2 heterocycles. The van der Waals surface area contributed by atoms with Gasteiger partial charge in [0.2, 0.25) is 5.95 Å². The van der Waals surface area contributed by atoms with E-state index in [0.29, 0.717) is 23.9 Å². The Balaban J connectivity index is 1.74. The number of benzene rings is 2. The monoisotopic (exact) mass is 365 g/mol. The normalized spacial score (nSPS) is 10.9. The summed E-state index contributed by atoms with van der Waals surface area (Å²) < 4.78 is 17.8. The molecule has 0 unspecified atom stereocenters. The quantitative estimate of drug-likeness (QED) is 0.562. The predicted octanol–water partition coefficient (Wildman–Crippen LogP) is 2.92. The van der Waals surface area contributed by atoms with E-state index in [2.05, 4.69) is 15.4 Å². The smallest absolute Gasteiger partial charge is 0.226 e. The largest absolute Gasteiger partial charge is 0.497 e. The maximum Gasteiger partial charge on any atom is 0.226 e. The molecule has 0 spiro atoms. The van der Waals surface area contributed by atoms with E-state index >= 15 is 0 Å². The SMILES string of the molecule is COc1ccc(CNc2nc3c(OC)cccc3c3ncnn23)c(OC)c1. The Morgan fingerprint density at radius 2 is 1.85 bits per heavy atom. The van der Waals surface area contributed by atoms with E-state index in [4.69, 9.17) is 19.2 Å². The van der Waals surface area contributed by atoms with Gasteiger partial charge >= 0.3 is 0 Å². The van der Waals surface area contributed by atoms with Gasteiger partial charge in [-0.3, -0.25) is 0 Å². The fourth-order valence-electron chi connectivity index (χ4n) is 3.00. The van der Waals surface area contributed by atoms with Crippen LogP contribution in [0, 0.1) is 0 Å². The molecule has 27 heavy (non-hydrogen) atoms. The van der Waals surface area contributed by atoms with E-state index in [1.54, 1.807) is 25.8 Å². The second-order valence-electron chi connectivity index (χ2n) is 5.82. The second-order valence-corrected chi connectivity index (χ2v) is 5.82. The minimum atomic E-state index is 0.496.